The Bertz CT molecular complexity index is 414. The lowest BCUT2D eigenvalue weighted by Crippen LogP contribution is -2.30. The highest BCUT2D eigenvalue weighted by atomic mass is 16.1. The molecular formula is C15H25N3O. The minimum absolute atomic E-state index is 0.0166. The van der Waals surface area contributed by atoms with Crippen LogP contribution in [0.15, 0.2) is 18.2 Å². The molecule has 0 aliphatic heterocycles. The van der Waals surface area contributed by atoms with Crippen LogP contribution in [0.4, 0.5) is 5.69 Å². The SMILES string of the molecule is CCN(CC)CCCNC(=O)c1ccc(N)cc1C. The third-order valence-electron chi connectivity index (χ3n) is 3.33. The molecule has 0 bridgehead atoms. The van der Waals surface area contributed by atoms with Crippen LogP contribution in [0.2, 0.25) is 0 Å². The van der Waals surface area contributed by atoms with Gasteiger partial charge in [-0.2, -0.15) is 0 Å². The van der Waals surface area contributed by atoms with Gasteiger partial charge in [-0.05, 0) is 56.7 Å². The van der Waals surface area contributed by atoms with Gasteiger partial charge in [-0.3, -0.25) is 4.79 Å². The van der Waals surface area contributed by atoms with E-state index < -0.39 is 0 Å². The summed E-state index contributed by atoms with van der Waals surface area (Å²) in [5.74, 6) is -0.0166. The van der Waals surface area contributed by atoms with E-state index in [1.54, 1.807) is 12.1 Å². The number of nitrogens with one attached hydrogen (secondary N) is 1. The smallest absolute Gasteiger partial charge is 0.251 e. The van der Waals surface area contributed by atoms with Gasteiger partial charge in [0.05, 0.1) is 0 Å². The summed E-state index contributed by atoms with van der Waals surface area (Å²) in [7, 11) is 0. The normalized spacial score (nSPS) is 10.7. The van der Waals surface area contributed by atoms with E-state index >= 15 is 0 Å². The fraction of sp³-hybridized carbons (Fsp3) is 0.533. The van der Waals surface area contributed by atoms with Gasteiger partial charge in [-0.15, -0.1) is 0 Å². The van der Waals surface area contributed by atoms with Crippen LogP contribution < -0.4 is 11.1 Å². The number of benzene rings is 1. The molecule has 0 radical (unpaired) electrons. The average Bonchev–Trinajstić information content (AvgIpc) is 2.38. The molecule has 4 heteroatoms. The number of rotatable bonds is 7. The molecule has 0 saturated heterocycles. The second-order valence-electron chi connectivity index (χ2n) is 4.71. The molecule has 0 spiro atoms. The third kappa shape index (κ3) is 4.91. The number of amides is 1. The summed E-state index contributed by atoms with van der Waals surface area (Å²) in [4.78, 5) is 14.3. The zero-order valence-corrected chi connectivity index (χ0v) is 12.2. The van der Waals surface area contributed by atoms with E-state index in [1.165, 1.54) is 0 Å². The fourth-order valence-corrected chi connectivity index (χ4v) is 2.08. The number of nitrogens with two attached hydrogens (primary N) is 1. The average molecular weight is 263 g/mol. The number of aryl methyl sites for hydroxylation is 1. The molecule has 4 nitrogen and oxygen atoms in total. The molecule has 0 aromatic heterocycles. The fourth-order valence-electron chi connectivity index (χ4n) is 2.08. The molecule has 0 atom stereocenters. The van der Waals surface area contributed by atoms with Crippen LogP contribution in [0.25, 0.3) is 0 Å². The van der Waals surface area contributed by atoms with Crippen molar-refractivity contribution in [2.75, 3.05) is 31.9 Å². The maximum absolute atomic E-state index is 12.0. The van der Waals surface area contributed by atoms with Crippen molar-refractivity contribution in [3.8, 4) is 0 Å². The van der Waals surface area contributed by atoms with Gasteiger partial charge >= 0.3 is 0 Å². The van der Waals surface area contributed by atoms with Crippen molar-refractivity contribution < 1.29 is 4.79 Å². The predicted octanol–water partition coefficient (Wildman–Crippen LogP) is 2.04. The van der Waals surface area contributed by atoms with Crippen LogP contribution in [-0.4, -0.2) is 37.0 Å². The van der Waals surface area contributed by atoms with E-state index in [-0.39, 0.29) is 5.91 Å². The summed E-state index contributed by atoms with van der Waals surface area (Å²) in [5.41, 5.74) is 7.99. The molecule has 1 amide bonds. The first kappa shape index (κ1) is 15.5. The minimum Gasteiger partial charge on any atom is -0.399 e. The van der Waals surface area contributed by atoms with Gasteiger partial charge in [0.15, 0.2) is 0 Å². The Labute approximate surface area is 116 Å². The molecule has 1 aromatic rings. The largest absolute Gasteiger partial charge is 0.399 e. The van der Waals surface area contributed by atoms with Crippen molar-refractivity contribution in [2.24, 2.45) is 0 Å². The topological polar surface area (TPSA) is 58.4 Å². The predicted molar refractivity (Wildman–Crippen MR) is 80.3 cm³/mol. The van der Waals surface area contributed by atoms with Gasteiger partial charge < -0.3 is 16.0 Å². The second-order valence-corrected chi connectivity index (χ2v) is 4.71. The Morgan fingerprint density at radius 1 is 1.32 bits per heavy atom. The van der Waals surface area contributed by atoms with E-state index in [0.717, 1.165) is 31.6 Å². The van der Waals surface area contributed by atoms with Crippen LogP contribution in [0.1, 0.15) is 36.2 Å². The zero-order valence-electron chi connectivity index (χ0n) is 12.2. The van der Waals surface area contributed by atoms with E-state index in [0.29, 0.717) is 17.8 Å². The molecule has 19 heavy (non-hydrogen) atoms. The summed E-state index contributed by atoms with van der Waals surface area (Å²) in [6, 6.07) is 5.37. The minimum atomic E-state index is -0.0166. The molecule has 1 aromatic carbocycles. The highest BCUT2D eigenvalue weighted by Gasteiger charge is 2.08. The van der Waals surface area contributed by atoms with Crippen LogP contribution in [0, 0.1) is 6.92 Å². The van der Waals surface area contributed by atoms with Crippen molar-refractivity contribution >= 4 is 11.6 Å². The van der Waals surface area contributed by atoms with Crippen molar-refractivity contribution in [3.63, 3.8) is 0 Å². The Kier molecular flexibility index (Phi) is 6.36. The van der Waals surface area contributed by atoms with Gasteiger partial charge in [-0.1, -0.05) is 13.8 Å². The first-order valence-electron chi connectivity index (χ1n) is 6.95. The molecule has 0 fully saturated rings. The van der Waals surface area contributed by atoms with E-state index in [9.17, 15) is 4.79 Å². The number of carbonyl (C=O) groups excluding carboxylic acids is 1. The van der Waals surface area contributed by atoms with Crippen molar-refractivity contribution in [3.05, 3.63) is 29.3 Å². The van der Waals surface area contributed by atoms with E-state index in [4.69, 9.17) is 5.73 Å². The number of carbonyl (C=O) groups is 1. The van der Waals surface area contributed by atoms with Gasteiger partial charge in [0, 0.05) is 17.8 Å². The van der Waals surface area contributed by atoms with Crippen LogP contribution in [0.5, 0.6) is 0 Å². The lowest BCUT2D eigenvalue weighted by Gasteiger charge is -2.17. The summed E-state index contributed by atoms with van der Waals surface area (Å²) >= 11 is 0. The Hall–Kier alpha value is -1.55. The maximum Gasteiger partial charge on any atom is 0.251 e. The van der Waals surface area contributed by atoms with Gasteiger partial charge in [0.25, 0.3) is 5.91 Å². The third-order valence-corrected chi connectivity index (χ3v) is 3.33. The molecule has 1 rings (SSSR count). The summed E-state index contributed by atoms with van der Waals surface area (Å²) in [6.45, 7) is 10.1. The number of anilines is 1. The van der Waals surface area contributed by atoms with Crippen molar-refractivity contribution in [1.29, 1.82) is 0 Å². The highest BCUT2D eigenvalue weighted by molar-refractivity contribution is 5.95. The van der Waals surface area contributed by atoms with Crippen molar-refractivity contribution in [2.45, 2.75) is 27.2 Å². The molecule has 0 saturated carbocycles. The maximum atomic E-state index is 12.0. The number of hydrogen-bond acceptors (Lipinski definition) is 3. The van der Waals surface area contributed by atoms with Gasteiger partial charge in [0.1, 0.15) is 0 Å². The van der Waals surface area contributed by atoms with Crippen LogP contribution in [0.3, 0.4) is 0 Å². The van der Waals surface area contributed by atoms with Gasteiger partial charge in [0.2, 0.25) is 0 Å². The Morgan fingerprint density at radius 2 is 2.00 bits per heavy atom. The molecule has 0 aliphatic carbocycles. The molecular weight excluding hydrogens is 238 g/mol. The number of hydrogen-bond donors (Lipinski definition) is 2. The molecule has 106 valence electrons. The Morgan fingerprint density at radius 3 is 2.58 bits per heavy atom. The molecule has 0 unspecified atom stereocenters. The standard InChI is InChI=1S/C15H25N3O/c1-4-18(5-2)10-6-9-17-15(19)14-8-7-13(16)11-12(14)3/h7-8,11H,4-6,9-10,16H2,1-3H3,(H,17,19). The van der Waals surface area contributed by atoms with E-state index in [1.807, 2.05) is 13.0 Å². The zero-order chi connectivity index (χ0) is 14.3. The van der Waals surface area contributed by atoms with Gasteiger partial charge in [-0.25, -0.2) is 0 Å². The van der Waals surface area contributed by atoms with Crippen LogP contribution >= 0.6 is 0 Å². The van der Waals surface area contributed by atoms with Crippen LogP contribution in [-0.2, 0) is 0 Å². The lowest BCUT2D eigenvalue weighted by atomic mass is 10.1. The number of nitrogen functional groups attached to an aromatic ring is 1. The molecule has 0 aliphatic rings. The quantitative estimate of drug-likeness (QED) is 0.584. The monoisotopic (exact) mass is 263 g/mol. The second kappa shape index (κ2) is 7.79. The molecule has 0 heterocycles. The molecule has 3 N–H and O–H groups in total. The summed E-state index contributed by atoms with van der Waals surface area (Å²) in [6.07, 6.45) is 0.974. The highest BCUT2D eigenvalue weighted by Crippen LogP contribution is 2.12. The first-order valence-corrected chi connectivity index (χ1v) is 6.95. The van der Waals surface area contributed by atoms with E-state index in [2.05, 4.69) is 24.1 Å². The summed E-state index contributed by atoms with van der Waals surface area (Å²) in [5, 5.41) is 2.96. The summed E-state index contributed by atoms with van der Waals surface area (Å²) < 4.78 is 0. The first-order chi connectivity index (χ1) is 9.08. The number of nitrogens with zero attached hydrogens (tertiary/aromatic N) is 1. The van der Waals surface area contributed by atoms with Crippen molar-refractivity contribution in [1.82, 2.24) is 10.2 Å². The lowest BCUT2D eigenvalue weighted by molar-refractivity contribution is 0.0951. The Balaban J connectivity index is 2.39.